The number of halogens is 1. The third-order valence-corrected chi connectivity index (χ3v) is 7.93. The Kier molecular flexibility index (Phi) is 9.30. The lowest BCUT2D eigenvalue weighted by Crippen LogP contribution is -2.63. The van der Waals surface area contributed by atoms with Gasteiger partial charge in [-0.05, 0) is 34.1 Å². The van der Waals surface area contributed by atoms with Crippen molar-refractivity contribution < 1.29 is 33.8 Å². The number of ether oxygens (including phenoxy) is 2. The molecule has 2 fully saturated rings. The zero-order chi connectivity index (χ0) is 25.5. The number of aliphatic hydroxyl groups excluding tert-OH is 1. The summed E-state index contributed by atoms with van der Waals surface area (Å²) >= 11 is 1.46. The number of carbonyl (C=O) groups excluding carboxylic acids is 4. The van der Waals surface area contributed by atoms with E-state index in [1.807, 2.05) is 6.92 Å². The molecular weight excluding hydrogens is 498 g/mol. The van der Waals surface area contributed by atoms with Crippen LogP contribution in [0.1, 0.15) is 41.0 Å². The predicted molar refractivity (Wildman–Crippen MR) is 132 cm³/mol. The van der Waals surface area contributed by atoms with Crippen molar-refractivity contribution in [2.45, 2.75) is 64.5 Å². The summed E-state index contributed by atoms with van der Waals surface area (Å²) in [4.78, 5) is 53.8. The van der Waals surface area contributed by atoms with Crippen molar-refractivity contribution in [3.63, 3.8) is 0 Å². The largest absolute Gasteiger partial charge is 0.427 e. The first kappa shape index (κ1) is 29.4. The van der Waals surface area contributed by atoms with Crippen LogP contribution in [0.4, 0.5) is 0 Å². The summed E-state index contributed by atoms with van der Waals surface area (Å²) in [6, 6.07) is -0.649. The molecule has 0 radical (unpaired) electrons. The zero-order valence-corrected chi connectivity index (χ0v) is 22.8. The minimum Gasteiger partial charge on any atom is -0.427 e. The number of carbonyl (C=O) groups is 4. The Hall–Kier alpha value is -1.82. The van der Waals surface area contributed by atoms with Crippen LogP contribution in [0.15, 0.2) is 10.6 Å². The van der Waals surface area contributed by atoms with Gasteiger partial charge < -0.3 is 29.7 Å². The van der Waals surface area contributed by atoms with Crippen LogP contribution in [-0.4, -0.2) is 89.5 Å². The van der Waals surface area contributed by atoms with Crippen molar-refractivity contribution in [2.75, 3.05) is 27.4 Å². The van der Waals surface area contributed by atoms with Crippen molar-refractivity contribution in [1.82, 2.24) is 15.1 Å². The highest BCUT2D eigenvalue weighted by molar-refractivity contribution is 8.03. The average Bonchev–Trinajstić information content (AvgIpc) is 3.28. The fraction of sp³-hybridized carbons (Fsp3) is 0.739. The molecule has 3 aliphatic heterocycles. The molecule has 2 amide bonds. The molecule has 0 spiro atoms. The van der Waals surface area contributed by atoms with Gasteiger partial charge in [0.05, 0.1) is 29.5 Å². The highest BCUT2D eigenvalue weighted by Gasteiger charge is 2.60. The van der Waals surface area contributed by atoms with E-state index in [2.05, 4.69) is 5.32 Å². The van der Waals surface area contributed by atoms with E-state index in [0.717, 1.165) is 0 Å². The smallest absolute Gasteiger partial charge is 0.358 e. The maximum absolute atomic E-state index is 13.1. The minimum absolute atomic E-state index is 0. The first-order valence-electron chi connectivity index (χ1n) is 11.5. The fourth-order valence-electron chi connectivity index (χ4n) is 4.56. The number of hydrogen-bond donors (Lipinski definition) is 2. The quantitative estimate of drug-likeness (QED) is 0.281. The zero-order valence-electron chi connectivity index (χ0n) is 21.2. The van der Waals surface area contributed by atoms with E-state index in [9.17, 15) is 24.3 Å². The first-order valence-corrected chi connectivity index (χ1v) is 12.3. The normalized spacial score (nSPS) is 28.6. The monoisotopic (exact) mass is 533 g/mol. The molecule has 10 nitrogen and oxygen atoms in total. The number of likely N-dealkylation sites (N-methyl/N-ethyl adjacent to an activating group) is 1. The Morgan fingerprint density at radius 2 is 1.89 bits per heavy atom. The third kappa shape index (κ3) is 5.79. The van der Waals surface area contributed by atoms with Crippen LogP contribution >= 0.6 is 24.2 Å². The van der Waals surface area contributed by atoms with Gasteiger partial charge in [-0.25, -0.2) is 4.79 Å². The number of β-lactam (4-membered cyclic amide) rings is 1. The summed E-state index contributed by atoms with van der Waals surface area (Å²) < 4.78 is 10.3. The Labute approximate surface area is 216 Å². The van der Waals surface area contributed by atoms with Gasteiger partial charge in [0, 0.05) is 36.7 Å². The van der Waals surface area contributed by atoms with Crippen LogP contribution in [0.2, 0.25) is 0 Å². The highest BCUT2D eigenvalue weighted by atomic mass is 35.5. The molecule has 3 heterocycles. The molecule has 2 N–H and O–H groups in total. The van der Waals surface area contributed by atoms with Gasteiger partial charge >= 0.3 is 11.9 Å². The van der Waals surface area contributed by atoms with Crippen LogP contribution in [-0.2, 0) is 28.7 Å². The van der Waals surface area contributed by atoms with E-state index >= 15 is 0 Å². The molecule has 6 atom stereocenters. The summed E-state index contributed by atoms with van der Waals surface area (Å²) in [6.45, 7) is 8.59. The van der Waals surface area contributed by atoms with E-state index in [4.69, 9.17) is 9.47 Å². The van der Waals surface area contributed by atoms with Gasteiger partial charge in [-0.1, -0.05) is 6.92 Å². The molecule has 198 valence electrons. The number of fused-ring (bicyclic) bond motifs is 1. The lowest BCUT2D eigenvalue weighted by Gasteiger charge is -2.46. The molecule has 0 aliphatic carbocycles. The van der Waals surface area contributed by atoms with Gasteiger partial charge in [-0.2, -0.15) is 0 Å². The molecule has 3 rings (SSSR count). The molecule has 0 aromatic rings. The summed E-state index contributed by atoms with van der Waals surface area (Å²) in [7, 11) is 3.42. The van der Waals surface area contributed by atoms with Crippen LogP contribution in [0, 0.1) is 17.3 Å². The van der Waals surface area contributed by atoms with Crippen LogP contribution < -0.4 is 5.32 Å². The number of nitrogens with one attached hydrogen (secondary N) is 1. The van der Waals surface area contributed by atoms with Crippen LogP contribution in [0.3, 0.4) is 0 Å². The molecule has 3 aliphatic rings. The average molecular weight is 534 g/mol. The maximum Gasteiger partial charge on any atom is 0.358 e. The Balaban J connectivity index is 0.00000432. The third-order valence-electron chi connectivity index (χ3n) is 6.42. The second-order valence-corrected chi connectivity index (χ2v) is 11.7. The molecule has 35 heavy (non-hydrogen) atoms. The molecule has 0 bridgehead atoms. The summed E-state index contributed by atoms with van der Waals surface area (Å²) in [6.07, 6.45) is -0.261. The Bertz CT molecular complexity index is 902. The predicted octanol–water partition coefficient (Wildman–Crippen LogP) is 1.12. The minimum atomic E-state index is -0.846. The maximum atomic E-state index is 13.1. The molecule has 0 unspecified atom stereocenters. The topological polar surface area (TPSA) is 125 Å². The summed E-state index contributed by atoms with van der Waals surface area (Å²) in [5.41, 5.74) is -0.605. The fourth-order valence-corrected chi connectivity index (χ4v) is 6.04. The Morgan fingerprint density at radius 3 is 2.43 bits per heavy atom. The van der Waals surface area contributed by atoms with E-state index in [0.29, 0.717) is 17.9 Å². The second-order valence-electron chi connectivity index (χ2n) is 10.4. The number of aliphatic hydroxyl groups is 1. The summed E-state index contributed by atoms with van der Waals surface area (Å²) in [5.74, 6) is -2.38. The van der Waals surface area contributed by atoms with Gasteiger partial charge in [0.25, 0.3) is 0 Å². The number of amides is 2. The van der Waals surface area contributed by atoms with Crippen molar-refractivity contribution in [3.8, 4) is 0 Å². The van der Waals surface area contributed by atoms with Gasteiger partial charge in [0.2, 0.25) is 18.6 Å². The molecule has 2 saturated heterocycles. The van der Waals surface area contributed by atoms with E-state index in [1.54, 1.807) is 46.7 Å². The van der Waals surface area contributed by atoms with E-state index < -0.39 is 36.2 Å². The number of hydrogen-bond acceptors (Lipinski definition) is 9. The van der Waals surface area contributed by atoms with Crippen LogP contribution in [0.25, 0.3) is 0 Å². The molecule has 12 heteroatoms. The number of rotatable bonds is 7. The van der Waals surface area contributed by atoms with Crippen molar-refractivity contribution in [1.29, 1.82) is 0 Å². The van der Waals surface area contributed by atoms with Crippen molar-refractivity contribution in [2.24, 2.45) is 17.3 Å². The molecule has 0 aromatic heterocycles. The van der Waals surface area contributed by atoms with E-state index in [-0.39, 0.29) is 53.2 Å². The molecule has 0 saturated carbocycles. The SMILES string of the molecule is C[C@@H](O)[C@H]1C(=O)N2C(C(=O)OCOC(=O)C(C)(C)C)=C(S[C@@H]3CN[C@H](C(=O)N(C)C)C3)[C@H](C)[C@H]12.Cl. The standard InChI is InChI=1S/C23H35N3O7S.ClH/c1-11-16-15(12(2)27)20(29)26(16)17(21(30)32-10-33-22(31)23(3,4)5)18(11)34-13-8-14(24-9-13)19(28)25(6)7;/h11-16,24,27H,8-10H2,1-7H3;1H/t11-,12-,13+,14+,15-,16-;/m1./s1. The van der Waals surface area contributed by atoms with Gasteiger partial charge in [-0.15, -0.1) is 24.2 Å². The lowest BCUT2D eigenvalue weighted by atomic mass is 9.79. The second kappa shape index (κ2) is 11.1. The van der Waals surface area contributed by atoms with Crippen molar-refractivity contribution >= 4 is 47.9 Å². The van der Waals surface area contributed by atoms with Crippen molar-refractivity contribution in [3.05, 3.63) is 10.6 Å². The highest BCUT2D eigenvalue weighted by Crippen LogP contribution is 2.52. The Morgan fingerprint density at radius 1 is 1.26 bits per heavy atom. The molecule has 0 aromatic carbocycles. The number of nitrogens with zero attached hydrogens (tertiary/aromatic N) is 2. The molecular formula is C23H36ClN3O7S. The first-order chi connectivity index (χ1) is 15.8. The lowest BCUT2D eigenvalue weighted by molar-refractivity contribution is -0.175. The number of thioether (sulfide) groups is 1. The van der Waals surface area contributed by atoms with Gasteiger partial charge in [0.15, 0.2) is 0 Å². The summed E-state index contributed by atoms with van der Waals surface area (Å²) in [5, 5.41) is 13.4. The number of esters is 2. The van der Waals surface area contributed by atoms with Gasteiger partial charge in [0.1, 0.15) is 5.70 Å². The van der Waals surface area contributed by atoms with E-state index in [1.165, 1.54) is 16.7 Å². The van der Waals surface area contributed by atoms with Gasteiger partial charge in [-0.3, -0.25) is 14.4 Å². The van der Waals surface area contributed by atoms with Crippen LogP contribution in [0.5, 0.6) is 0 Å².